The lowest BCUT2D eigenvalue weighted by Crippen LogP contribution is -2.35. The van der Waals surface area contributed by atoms with E-state index in [1.165, 1.54) is 6.08 Å². The molecule has 0 heterocycles. The zero-order valence-electron chi connectivity index (χ0n) is 10.2. The van der Waals surface area contributed by atoms with Crippen LogP contribution in [0.1, 0.15) is 12.0 Å². The largest absolute Gasteiger partial charge is 0.478 e. The van der Waals surface area contributed by atoms with Crippen LogP contribution in [0.25, 0.3) is 6.08 Å². The molecule has 4 N–H and O–H groups in total. The number of carboxylic acids is 1. The summed E-state index contributed by atoms with van der Waals surface area (Å²) < 4.78 is 0. The molecule has 1 unspecified atom stereocenters. The van der Waals surface area contributed by atoms with Gasteiger partial charge in [0.25, 0.3) is 0 Å². The fraction of sp³-hybridized carbons (Fsp3) is 0.143. The lowest BCUT2D eigenvalue weighted by molar-refractivity contribution is -0.131. The second-order valence-electron chi connectivity index (χ2n) is 3.80. The van der Waals surface area contributed by atoms with Crippen LogP contribution in [0.2, 0.25) is 0 Å². The average molecular weight is 258 g/mol. The molecule has 0 aliphatic heterocycles. The van der Waals surface area contributed by atoms with Gasteiger partial charge in [0.15, 0.2) is 0 Å². The minimum atomic E-state index is -1.04. The van der Waals surface area contributed by atoms with Crippen LogP contribution in [0.15, 0.2) is 30.3 Å². The van der Waals surface area contributed by atoms with Crippen molar-refractivity contribution in [2.75, 3.05) is 5.32 Å². The summed E-state index contributed by atoms with van der Waals surface area (Å²) in [6.45, 7) is 0. The van der Waals surface area contributed by atoms with Crippen LogP contribution in [-0.4, -0.2) is 23.0 Å². The quantitative estimate of drug-likeness (QED) is 0.544. The van der Waals surface area contributed by atoms with Gasteiger partial charge in [-0.2, -0.15) is 0 Å². The third-order valence-electron chi connectivity index (χ3n) is 2.25. The first kappa shape index (κ1) is 14.5. The third kappa shape index (κ3) is 5.06. The van der Waals surface area contributed by atoms with Crippen molar-refractivity contribution >= 4 is 23.6 Å². The van der Waals surface area contributed by atoms with Gasteiger partial charge in [-0.1, -0.05) is 12.1 Å². The molecule has 0 aliphatic rings. The number of carbonyl (C=O) groups is 2. The SMILES string of the molecule is C#CCC(N)C(=O)Nc1cccc(/C=C/C(=O)O)c1. The molecule has 1 atom stereocenters. The van der Waals surface area contributed by atoms with Gasteiger partial charge in [-0.3, -0.25) is 4.79 Å². The molecule has 1 amide bonds. The van der Waals surface area contributed by atoms with E-state index in [0.717, 1.165) is 6.08 Å². The van der Waals surface area contributed by atoms with Gasteiger partial charge in [-0.05, 0) is 23.8 Å². The van der Waals surface area contributed by atoms with Gasteiger partial charge < -0.3 is 16.2 Å². The van der Waals surface area contributed by atoms with Crippen LogP contribution in [0.3, 0.4) is 0 Å². The Balaban J connectivity index is 2.75. The van der Waals surface area contributed by atoms with E-state index < -0.39 is 12.0 Å². The van der Waals surface area contributed by atoms with E-state index in [4.69, 9.17) is 17.3 Å². The van der Waals surface area contributed by atoms with E-state index in [0.29, 0.717) is 11.3 Å². The number of hydrogen-bond acceptors (Lipinski definition) is 3. The van der Waals surface area contributed by atoms with Crippen LogP contribution in [-0.2, 0) is 9.59 Å². The molecule has 1 aromatic rings. The summed E-state index contributed by atoms with van der Waals surface area (Å²) in [6.07, 6.45) is 7.68. The van der Waals surface area contributed by atoms with Crippen molar-refractivity contribution in [3.05, 3.63) is 35.9 Å². The molecule has 0 aromatic heterocycles. The van der Waals surface area contributed by atoms with Gasteiger partial charge in [-0.25, -0.2) is 4.79 Å². The zero-order valence-corrected chi connectivity index (χ0v) is 10.2. The van der Waals surface area contributed by atoms with Crippen molar-refractivity contribution in [2.24, 2.45) is 5.73 Å². The molecule has 0 saturated carbocycles. The van der Waals surface area contributed by atoms with E-state index in [-0.39, 0.29) is 12.3 Å². The first-order valence-corrected chi connectivity index (χ1v) is 5.54. The van der Waals surface area contributed by atoms with Crippen molar-refractivity contribution in [3.63, 3.8) is 0 Å². The maximum Gasteiger partial charge on any atom is 0.328 e. The highest BCUT2D eigenvalue weighted by Crippen LogP contribution is 2.12. The standard InChI is InChI=1S/C14H14N2O3/c1-2-4-12(15)14(19)16-11-6-3-5-10(9-11)7-8-13(17)18/h1,3,5-9,12H,4,15H2,(H,16,19)(H,17,18)/b8-7+. The fourth-order valence-electron chi connectivity index (χ4n) is 1.34. The molecule has 5 heteroatoms. The fourth-order valence-corrected chi connectivity index (χ4v) is 1.34. The van der Waals surface area contributed by atoms with Crippen LogP contribution in [0, 0.1) is 12.3 Å². The molecule has 0 fully saturated rings. The molecule has 5 nitrogen and oxygen atoms in total. The average Bonchev–Trinajstić information content (AvgIpc) is 2.37. The topological polar surface area (TPSA) is 92.4 Å². The van der Waals surface area contributed by atoms with Gasteiger partial charge in [0.05, 0.1) is 6.04 Å². The van der Waals surface area contributed by atoms with Gasteiger partial charge in [-0.15, -0.1) is 12.3 Å². The van der Waals surface area contributed by atoms with Gasteiger partial charge in [0, 0.05) is 18.2 Å². The molecule has 1 aromatic carbocycles. The maximum absolute atomic E-state index is 11.6. The summed E-state index contributed by atoms with van der Waals surface area (Å²) in [5.41, 5.74) is 6.76. The van der Waals surface area contributed by atoms with Gasteiger partial charge >= 0.3 is 5.97 Å². The predicted molar refractivity (Wildman–Crippen MR) is 73.2 cm³/mol. The number of rotatable bonds is 5. The summed E-state index contributed by atoms with van der Waals surface area (Å²) in [5, 5.41) is 11.1. The summed E-state index contributed by atoms with van der Waals surface area (Å²) in [4.78, 5) is 22.0. The highest BCUT2D eigenvalue weighted by atomic mass is 16.4. The smallest absolute Gasteiger partial charge is 0.328 e. The lowest BCUT2D eigenvalue weighted by atomic mass is 10.1. The van der Waals surface area contributed by atoms with Gasteiger partial charge in [0.2, 0.25) is 5.91 Å². The Kier molecular flexibility index (Phi) is 5.33. The molecular weight excluding hydrogens is 244 g/mol. The number of hydrogen-bond donors (Lipinski definition) is 3. The Labute approximate surface area is 111 Å². The maximum atomic E-state index is 11.6. The van der Waals surface area contributed by atoms with E-state index in [1.807, 2.05) is 0 Å². The molecule has 0 saturated heterocycles. The number of benzene rings is 1. The number of carboxylic acid groups (broad SMARTS) is 1. The lowest BCUT2D eigenvalue weighted by Gasteiger charge is -2.10. The monoisotopic (exact) mass is 258 g/mol. The van der Waals surface area contributed by atoms with Crippen molar-refractivity contribution in [1.82, 2.24) is 0 Å². The Bertz CT molecular complexity index is 544. The molecular formula is C14H14N2O3. The number of nitrogens with two attached hydrogens (primary N) is 1. The number of terminal acetylenes is 1. The molecule has 0 aliphatic carbocycles. The first-order valence-electron chi connectivity index (χ1n) is 5.54. The molecule has 1 rings (SSSR count). The van der Waals surface area contributed by atoms with E-state index in [2.05, 4.69) is 11.2 Å². The number of aliphatic carboxylic acids is 1. The second kappa shape index (κ2) is 6.99. The summed E-state index contributed by atoms with van der Waals surface area (Å²) >= 11 is 0. The number of nitrogens with one attached hydrogen (secondary N) is 1. The highest BCUT2D eigenvalue weighted by Gasteiger charge is 2.11. The van der Waals surface area contributed by atoms with Crippen LogP contribution >= 0.6 is 0 Å². The van der Waals surface area contributed by atoms with Crippen molar-refractivity contribution in [2.45, 2.75) is 12.5 Å². The summed E-state index contributed by atoms with van der Waals surface area (Å²) in [7, 11) is 0. The van der Waals surface area contributed by atoms with Crippen LogP contribution in [0.4, 0.5) is 5.69 Å². The molecule has 0 radical (unpaired) electrons. The highest BCUT2D eigenvalue weighted by molar-refractivity contribution is 5.95. The minimum Gasteiger partial charge on any atom is -0.478 e. The van der Waals surface area contributed by atoms with Crippen molar-refractivity contribution in [3.8, 4) is 12.3 Å². The Morgan fingerprint density at radius 3 is 2.89 bits per heavy atom. The van der Waals surface area contributed by atoms with Crippen molar-refractivity contribution < 1.29 is 14.7 Å². The number of anilines is 1. The van der Waals surface area contributed by atoms with E-state index >= 15 is 0 Å². The van der Waals surface area contributed by atoms with Crippen LogP contribution in [0.5, 0.6) is 0 Å². The van der Waals surface area contributed by atoms with Crippen LogP contribution < -0.4 is 11.1 Å². The summed E-state index contributed by atoms with van der Waals surface area (Å²) in [5.74, 6) is 0.902. The number of carbonyl (C=O) groups excluding carboxylic acids is 1. The van der Waals surface area contributed by atoms with Gasteiger partial charge in [0.1, 0.15) is 0 Å². The molecule has 0 bridgehead atoms. The zero-order chi connectivity index (χ0) is 14.3. The predicted octanol–water partition coefficient (Wildman–Crippen LogP) is 1.07. The Hall–Kier alpha value is -2.58. The third-order valence-corrected chi connectivity index (χ3v) is 2.25. The Morgan fingerprint density at radius 1 is 1.53 bits per heavy atom. The van der Waals surface area contributed by atoms with E-state index in [9.17, 15) is 9.59 Å². The molecule has 98 valence electrons. The first-order chi connectivity index (χ1) is 9.02. The molecule has 0 spiro atoms. The summed E-state index contributed by atoms with van der Waals surface area (Å²) in [6, 6.07) is 5.97. The molecule has 19 heavy (non-hydrogen) atoms. The number of amides is 1. The van der Waals surface area contributed by atoms with E-state index in [1.54, 1.807) is 24.3 Å². The Morgan fingerprint density at radius 2 is 2.26 bits per heavy atom. The van der Waals surface area contributed by atoms with Crippen molar-refractivity contribution in [1.29, 1.82) is 0 Å². The second-order valence-corrected chi connectivity index (χ2v) is 3.80. The minimum absolute atomic E-state index is 0.157. The normalized spacial score (nSPS) is 11.8.